The second-order valence-corrected chi connectivity index (χ2v) is 10.5. The molecule has 6 nitrogen and oxygen atoms in total. The first kappa shape index (κ1) is 24.7. The van der Waals surface area contributed by atoms with Crippen LogP contribution < -0.4 is 14.4 Å². The highest BCUT2D eigenvalue weighted by Crippen LogP contribution is 2.24. The number of amides is 1. The van der Waals surface area contributed by atoms with Crippen molar-refractivity contribution in [1.29, 1.82) is 0 Å². The summed E-state index contributed by atoms with van der Waals surface area (Å²) < 4.78 is 29.9. The summed E-state index contributed by atoms with van der Waals surface area (Å²) >= 11 is 13.7. The smallest absolute Gasteiger partial charge is 0.260 e. The SMILES string of the molecule is CC(Oc1ccc(N(C)S(C)(=O)=O)cc1)C(=O)NCCSCc1ccc(Cl)cc1Cl. The van der Waals surface area contributed by atoms with E-state index in [9.17, 15) is 13.2 Å². The Kier molecular flexibility index (Phi) is 9.15. The minimum Gasteiger partial charge on any atom is -0.481 e. The van der Waals surface area contributed by atoms with E-state index >= 15 is 0 Å². The van der Waals surface area contributed by atoms with Crippen molar-refractivity contribution in [2.45, 2.75) is 18.8 Å². The van der Waals surface area contributed by atoms with Crippen molar-refractivity contribution in [3.63, 3.8) is 0 Å². The summed E-state index contributed by atoms with van der Waals surface area (Å²) in [4.78, 5) is 12.2. The van der Waals surface area contributed by atoms with Crippen LogP contribution in [-0.4, -0.2) is 46.0 Å². The first-order chi connectivity index (χ1) is 14.1. The second-order valence-electron chi connectivity index (χ2n) is 6.56. The van der Waals surface area contributed by atoms with Gasteiger partial charge in [0.25, 0.3) is 5.91 Å². The number of anilines is 1. The van der Waals surface area contributed by atoms with Gasteiger partial charge in [-0.05, 0) is 48.9 Å². The number of halogens is 2. The molecule has 0 saturated heterocycles. The zero-order chi connectivity index (χ0) is 22.3. The molecule has 0 spiro atoms. The van der Waals surface area contributed by atoms with Gasteiger partial charge in [-0.15, -0.1) is 0 Å². The van der Waals surface area contributed by atoms with Crippen molar-refractivity contribution in [3.8, 4) is 5.75 Å². The van der Waals surface area contributed by atoms with E-state index in [4.69, 9.17) is 27.9 Å². The lowest BCUT2D eigenvalue weighted by atomic mass is 10.2. The van der Waals surface area contributed by atoms with Crippen molar-refractivity contribution in [2.75, 3.05) is 29.9 Å². The Morgan fingerprint density at radius 2 is 1.87 bits per heavy atom. The van der Waals surface area contributed by atoms with Crippen molar-refractivity contribution in [2.24, 2.45) is 0 Å². The van der Waals surface area contributed by atoms with Crippen molar-refractivity contribution in [3.05, 3.63) is 58.1 Å². The van der Waals surface area contributed by atoms with E-state index in [1.165, 1.54) is 11.4 Å². The number of benzene rings is 2. The van der Waals surface area contributed by atoms with E-state index < -0.39 is 16.1 Å². The van der Waals surface area contributed by atoms with Crippen LogP contribution in [0.3, 0.4) is 0 Å². The maximum absolute atomic E-state index is 12.2. The largest absolute Gasteiger partial charge is 0.481 e. The number of sulfonamides is 1. The highest BCUT2D eigenvalue weighted by atomic mass is 35.5. The quantitative estimate of drug-likeness (QED) is 0.504. The summed E-state index contributed by atoms with van der Waals surface area (Å²) in [5.41, 5.74) is 1.51. The van der Waals surface area contributed by atoms with Gasteiger partial charge in [-0.1, -0.05) is 29.3 Å². The van der Waals surface area contributed by atoms with Crippen LogP contribution in [0.2, 0.25) is 10.0 Å². The lowest BCUT2D eigenvalue weighted by molar-refractivity contribution is -0.127. The lowest BCUT2D eigenvalue weighted by Crippen LogP contribution is -2.37. The van der Waals surface area contributed by atoms with Gasteiger partial charge in [-0.3, -0.25) is 9.10 Å². The molecule has 0 bridgehead atoms. The van der Waals surface area contributed by atoms with E-state index in [0.717, 1.165) is 23.3 Å². The minimum atomic E-state index is -3.33. The van der Waals surface area contributed by atoms with E-state index in [1.807, 2.05) is 6.07 Å². The molecule has 0 aliphatic heterocycles. The molecule has 0 aliphatic carbocycles. The van der Waals surface area contributed by atoms with Gasteiger partial charge in [-0.25, -0.2) is 8.42 Å². The maximum Gasteiger partial charge on any atom is 0.260 e. The van der Waals surface area contributed by atoms with Crippen LogP contribution in [0.25, 0.3) is 0 Å². The summed E-state index contributed by atoms with van der Waals surface area (Å²) in [6.45, 7) is 2.16. The predicted octanol–water partition coefficient (Wildman–Crippen LogP) is 4.21. The Balaban J connectivity index is 1.74. The van der Waals surface area contributed by atoms with Crippen LogP contribution in [0.15, 0.2) is 42.5 Å². The van der Waals surface area contributed by atoms with Gasteiger partial charge in [-0.2, -0.15) is 11.8 Å². The second kappa shape index (κ2) is 11.1. The number of nitrogens with zero attached hydrogens (tertiary/aromatic N) is 1. The molecule has 10 heteroatoms. The molecule has 0 fully saturated rings. The van der Waals surface area contributed by atoms with E-state index in [2.05, 4.69) is 5.32 Å². The van der Waals surface area contributed by atoms with Crippen molar-refractivity contribution >= 4 is 56.6 Å². The number of thioether (sulfide) groups is 1. The summed E-state index contributed by atoms with van der Waals surface area (Å²) in [5.74, 6) is 1.71. The fraction of sp³-hybridized carbons (Fsp3) is 0.350. The number of hydrogen-bond donors (Lipinski definition) is 1. The summed E-state index contributed by atoms with van der Waals surface area (Å²) in [7, 11) is -1.86. The first-order valence-electron chi connectivity index (χ1n) is 9.08. The molecule has 0 saturated carbocycles. The third kappa shape index (κ3) is 7.58. The number of nitrogens with one attached hydrogen (secondary N) is 1. The third-order valence-corrected chi connectivity index (χ3v) is 7.00. The molecule has 2 aromatic rings. The average molecular weight is 491 g/mol. The molecule has 30 heavy (non-hydrogen) atoms. The number of carbonyl (C=O) groups is 1. The van der Waals surface area contributed by atoms with Crippen LogP contribution in [-0.2, 0) is 20.6 Å². The fourth-order valence-corrected chi connectivity index (χ4v) is 4.32. The highest BCUT2D eigenvalue weighted by molar-refractivity contribution is 7.98. The Labute approximate surface area is 191 Å². The van der Waals surface area contributed by atoms with Gasteiger partial charge in [0.2, 0.25) is 10.0 Å². The molecule has 2 aromatic carbocycles. The van der Waals surface area contributed by atoms with Gasteiger partial charge in [0.05, 0.1) is 11.9 Å². The average Bonchev–Trinajstić information content (AvgIpc) is 2.68. The molecule has 0 aliphatic rings. The zero-order valence-corrected chi connectivity index (χ0v) is 20.0. The van der Waals surface area contributed by atoms with Crippen molar-refractivity contribution in [1.82, 2.24) is 5.32 Å². The van der Waals surface area contributed by atoms with Gasteiger partial charge >= 0.3 is 0 Å². The highest BCUT2D eigenvalue weighted by Gasteiger charge is 2.15. The summed E-state index contributed by atoms with van der Waals surface area (Å²) in [6.07, 6.45) is 0.450. The summed E-state index contributed by atoms with van der Waals surface area (Å²) in [5, 5.41) is 4.07. The molecule has 1 unspecified atom stereocenters. The van der Waals surface area contributed by atoms with E-state index in [0.29, 0.717) is 28.0 Å². The standard InChI is InChI=1S/C20H24Cl2N2O4S2/c1-14(28-18-8-6-17(7-9-18)24(2)30(3,26)27)20(25)23-10-11-29-13-15-4-5-16(21)12-19(15)22/h4-9,12,14H,10-11,13H2,1-3H3,(H,23,25). The van der Waals surface area contributed by atoms with Crippen molar-refractivity contribution < 1.29 is 17.9 Å². The Morgan fingerprint density at radius 1 is 1.20 bits per heavy atom. The lowest BCUT2D eigenvalue weighted by Gasteiger charge is -2.18. The molecular formula is C20H24Cl2N2O4S2. The molecule has 1 atom stereocenters. The number of carbonyl (C=O) groups excluding carboxylic acids is 1. The third-order valence-electron chi connectivity index (χ3n) is 4.20. The molecule has 2 rings (SSSR count). The normalized spacial score (nSPS) is 12.3. The van der Waals surface area contributed by atoms with Crippen LogP contribution >= 0.6 is 35.0 Å². The van der Waals surface area contributed by atoms with E-state index in [-0.39, 0.29) is 5.91 Å². The maximum atomic E-state index is 12.2. The van der Waals surface area contributed by atoms with Crippen LogP contribution in [0.1, 0.15) is 12.5 Å². The van der Waals surface area contributed by atoms with Crippen LogP contribution in [0.5, 0.6) is 5.75 Å². The predicted molar refractivity (Wildman–Crippen MR) is 125 cm³/mol. The monoisotopic (exact) mass is 490 g/mol. The molecule has 0 radical (unpaired) electrons. The Hall–Kier alpha value is -1.61. The molecule has 164 valence electrons. The van der Waals surface area contributed by atoms with Crippen LogP contribution in [0, 0.1) is 0 Å². The van der Waals surface area contributed by atoms with Crippen LogP contribution in [0.4, 0.5) is 5.69 Å². The molecule has 0 aromatic heterocycles. The number of rotatable bonds is 10. The number of hydrogen-bond acceptors (Lipinski definition) is 5. The van der Waals surface area contributed by atoms with Gasteiger partial charge in [0.1, 0.15) is 5.75 Å². The molecular weight excluding hydrogens is 467 g/mol. The summed E-state index contributed by atoms with van der Waals surface area (Å²) in [6, 6.07) is 11.9. The molecule has 1 amide bonds. The van der Waals surface area contributed by atoms with Gasteiger partial charge in [0.15, 0.2) is 6.10 Å². The topological polar surface area (TPSA) is 75.7 Å². The Bertz CT molecular complexity index is 969. The van der Waals surface area contributed by atoms with Gasteiger partial charge in [0, 0.05) is 35.1 Å². The number of ether oxygens (including phenoxy) is 1. The molecule has 1 N–H and O–H groups in total. The fourth-order valence-electron chi connectivity index (χ4n) is 2.39. The van der Waals surface area contributed by atoms with Gasteiger partial charge < -0.3 is 10.1 Å². The Morgan fingerprint density at radius 3 is 2.47 bits per heavy atom. The van der Waals surface area contributed by atoms with E-state index in [1.54, 1.807) is 55.1 Å². The molecule has 0 heterocycles. The zero-order valence-electron chi connectivity index (χ0n) is 16.9. The minimum absolute atomic E-state index is 0.225. The first-order valence-corrected chi connectivity index (χ1v) is 12.8.